The summed E-state index contributed by atoms with van der Waals surface area (Å²) in [6.45, 7) is 1.40. The second kappa shape index (κ2) is 5.12. The summed E-state index contributed by atoms with van der Waals surface area (Å²) in [7, 11) is 0. The van der Waals surface area contributed by atoms with Gasteiger partial charge in [-0.25, -0.2) is 4.98 Å². The van der Waals surface area contributed by atoms with Crippen LogP contribution < -0.4 is 4.90 Å². The maximum Gasteiger partial charge on any atom is 0.417 e. The zero-order valence-corrected chi connectivity index (χ0v) is 11.6. The van der Waals surface area contributed by atoms with Crippen LogP contribution >= 0.6 is 0 Å². The average Bonchev–Trinajstić information content (AvgIpc) is 2.87. The minimum Gasteiger partial charge on any atom is -0.481 e. The molecular formula is C14H15F3N2O3. The maximum atomic E-state index is 12.6. The predicted octanol–water partition coefficient (Wildman–Crippen LogP) is 2.03. The number of aromatic nitrogens is 1. The molecule has 0 amide bonds. The Balaban J connectivity index is 1.83. The molecule has 5 nitrogen and oxygen atoms in total. The Bertz CT molecular complexity index is 576. The van der Waals surface area contributed by atoms with Gasteiger partial charge in [0.1, 0.15) is 5.82 Å². The summed E-state index contributed by atoms with van der Waals surface area (Å²) in [5.74, 6) is -0.693. The van der Waals surface area contributed by atoms with E-state index in [-0.39, 0.29) is 12.5 Å². The molecule has 1 aromatic heterocycles. The fourth-order valence-corrected chi connectivity index (χ4v) is 3.21. The van der Waals surface area contributed by atoms with Crippen LogP contribution in [-0.2, 0) is 15.7 Å². The van der Waals surface area contributed by atoms with Crippen LogP contribution in [0.25, 0.3) is 0 Å². The molecular weight excluding hydrogens is 301 g/mol. The molecule has 8 heteroatoms. The van der Waals surface area contributed by atoms with Crippen LogP contribution in [0.2, 0.25) is 0 Å². The lowest BCUT2D eigenvalue weighted by Crippen LogP contribution is -2.44. The van der Waals surface area contributed by atoms with Gasteiger partial charge in [0.2, 0.25) is 0 Å². The highest BCUT2D eigenvalue weighted by Crippen LogP contribution is 2.43. The second-order valence-corrected chi connectivity index (χ2v) is 5.77. The number of aliphatic carboxylic acids is 1. The Morgan fingerprint density at radius 1 is 1.45 bits per heavy atom. The molecule has 2 atom stereocenters. The van der Waals surface area contributed by atoms with Gasteiger partial charge >= 0.3 is 12.1 Å². The number of carboxylic acid groups (broad SMARTS) is 1. The van der Waals surface area contributed by atoms with Crippen LogP contribution in [0.3, 0.4) is 0 Å². The van der Waals surface area contributed by atoms with Crippen molar-refractivity contribution < 1.29 is 27.8 Å². The normalized spacial score (nSPS) is 28.5. The van der Waals surface area contributed by atoms with Gasteiger partial charge in [-0.3, -0.25) is 4.79 Å². The molecule has 2 saturated heterocycles. The molecule has 0 aromatic carbocycles. The quantitative estimate of drug-likeness (QED) is 0.904. The SMILES string of the molecule is O=C(O)[C@]12CCOC[C@H]1CN(c1ccc(C(F)(F)F)cn1)C2. The van der Waals surface area contributed by atoms with E-state index in [1.54, 1.807) is 4.90 Å². The largest absolute Gasteiger partial charge is 0.481 e. The van der Waals surface area contributed by atoms with E-state index in [2.05, 4.69) is 4.98 Å². The number of hydrogen-bond donors (Lipinski definition) is 1. The monoisotopic (exact) mass is 316 g/mol. The molecule has 1 aromatic rings. The number of halogens is 3. The van der Waals surface area contributed by atoms with Crippen LogP contribution in [0.4, 0.5) is 19.0 Å². The van der Waals surface area contributed by atoms with E-state index in [9.17, 15) is 23.1 Å². The van der Waals surface area contributed by atoms with Gasteiger partial charge < -0.3 is 14.7 Å². The van der Waals surface area contributed by atoms with Gasteiger partial charge in [-0.1, -0.05) is 0 Å². The van der Waals surface area contributed by atoms with E-state index < -0.39 is 23.1 Å². The van der Waals surface area contributed by atoms with E-state index >= 15 is 0 Å². The van der Waals surface area contributed by atoms with Crippen LogP contribution in [0.5, 0.6) is 0 Å². The summed E-state index contributed by atoms with van der Waals surface area (Å²) in [6, 6.07) is 2.25. The summed E-state index contributed by atoms with van der Waals surface area (Å²) >= 11 is 0. The third-order valence-electron chi connectivity index (χ3n) is 4.53. The van der Waals surface area contributed by atoms with Crippen molar-refractivity contribution in [3.63, 3.8) is 0 Å². The molecule has 3 rings (SSSR count). The number of fused-ring (bicyclic) bond motifs is 1. The lowest BCUT2D eigenvalue weighted by atomic mass is 9.74. The lowest BCUT2D eigenvalue weighted by molar-refractivity contribution is -0.157. The Morgan fingerprint density at radius 3 is 2.77 bits per heavy atom. The molecule has 0 aliphatic carbocycles. The first-order valence-corrected chi connectivity index (χ1v) is 6.92. The van der Waals surface area contributed by atoms with Crippen LogP contribution in [0, 0.1) is 11.3 Å². The molecule has 1 N–H and O–H groups in total. The highest BCUT2D eigenvalue weighted by molar-refractivity contribution is 5.77. The molecule has 0 unspecified atom stereocenters. The molecule has 2 aliphatic rings. The minimum absolute atomic E-state index is 0.178. The minimum atomic E-state index is -4.43. The zero-order chi connectivity index (χ0) is 16.0. The molecule has 2 aliphatic heterocycles. The fraction of sp³-hybridized carbons (Fsp3) is 0.571. The molecule has 0 spiro atoms. The number of hydrogen-bond acceptors (Lipinski definition) is 4. The van der Waals surface area contributed by atoms with Gasteiger partial charge in [0.25, 0.3) is 0 Å². The Hall–Kier alpha value is -1.83. The van der Waals surface area contributed by atoms with E-state index in [4.69, 9.17) is 4.74 Å². The van der Waals surface area contributed by atoms with Gasteiger partial charge in [-0.2, -0.15) is 13.2 Å². The van der Waals surface area contributed by atoms with Gasteiger partial charge in [0, 0.05) is 31.8 Å². The summed E-state index contributed by atoms with van der Waals surface area (Å²) < 4.78 is 43.0. The van der Waals surface area contributed by atoms with Crippen molar-refractivity contribution in [3.8, 4) is 0 Å². The molecule has 0 radical (unpaired) electrons. The highest BCUT2D eigenvalue weighted by Gasteiger charge is 2.54. The lowest BCUT2D eigenvalue weighted by Gasteiger charge is -2.33. The third-order valence-corrected chi connectivity index (χ3v) is 4.53. The first kappa shape index (κ1) is 15.1. The number of carboxylic acids is 1. The van der Waals surface area contributed by atoms with Crippen LogP contribution in [-0.4, -0.2) is 42.4 Å². The number of pyridine rings is 1. The number of nitrogens with zero attached hydrogens (tertiary/aromatic N) is 2. The highest BCUT2D eigenvalue weighted by atomic mass is 19.4. The van der Waals surface area contributed by atoms with Crippen molar-refractivity contribution in [2.75, 3.05) is 31.2 Å². The summed E-state index contributed by atoms with van der Waals surface area (Å²) in [5.41, 5.74) is -1.72. The molecule has 22 heavy (non-hydrogen) atoms. The number of carbonyl (C=O) groups is 1. The van der Waals surface area contributed by atoms with Crippen molar-refractivity contribution >= 4 is 11.8 Å². The third kappa shape index (κ3) is 2.41. The predicted molar refractivity (Wildman–Crippen MR) is 70.4 cm³/mol. The van der Waals surface area contributed by atoms with Crippen molar-refractivity contribution in [1.82, 2.24) is 4.98 Å². The number of anilines is 1. The van der Waals surface area contributed by atoms with E-state index in [0.29, 0.717) is 32.0 Å². The van der Waals surface area contributed by atoms with Gasteiger partial charge in [0.05, 0.1) is 17.6 Å². The molecule has 2 fully saturated rings. The Labute approximate surface area is 124 Å². The summed E-state index contributed by atoms with van der Waals surface area (Å²) in [5, 5.41) is 9.56. The zero-order valence-electron chi connectivity index (χ0n) is 11.6. The number of alkyl halides is 3. The van der Waals surface area contributed by atoms with Crippen LogP contribution in [0.1, 0.15) is 12.0 Å². The summed E-state index contributed by atoms with van der Waals surface area (Å²) in [4.78, 5) is 17.2. The van der Waals surface area contributed by atoms with Gasteiger partial charge in [-0.15, -0.1) is 0 Å². The smallest absolute Gasteiger partial charge is 0.417 e. The molecule has 3 heterocycles. The summed E-state index contributed by atoms with van der Waals surface area (Å²) in [6.07, 6.45) is -3.24. The van der Waals surface area contributed by atoms with Crippen molar-refractivity contribution in [2.24, 2.45) is 11.3 Å². The first-order valence-electron chi connectivity index (χ1n) is 6.92. The van der Waals surface area contributed by atoms with Crippen molar-refractivity contribution in [1.29, 1.82) is 0 Å². The fourth-order valence-electron chi connectivity index (χ4n) is 3.21. The molecule has 0 saturated carbocycles. The number of ether oxygens (including phenoxy) is 1. The first-order chi connectivity index (χ1) is 10.3. The Kier molecular flexibility index (Phi) is 3.51. The second-order valence-electron chi connectivity index (χ2n) is 5.77. The topological polar surface area (TPSA) is 62.7 Å². The molecule has 120 valence electrons. The number of rotatable bonds is 2. The van der Waals surface area contributed by atoms with Crippen LogP contribution in [0.15, 0.2) is 18.3 Å². The molecule has 0 bridgehead atoms. The maximum absolute atomic E-state index is 12.6. The van der Waals surface area contributed by atoms with E-state index in [0.717, 1.165) is 12.3 Å². The standard InChI is InChI=1S/C14H15F3N2O3/c15-14(16,17)9-1-2-11(18-5-9)19-6-10-7-22-4-3-13(10,8-19)12(20)21/h1-2,5,10H,3-4,6-8H2,(H,20,21)/t10-,13+/m1/s1. The average molecular weight is 316 g/mol. The van der Waals surface area contributed by atoms with Crippen molar-refractivity contribution in [2.45, 2.75) is 12.6 Å². The van der Waals surface area contributed by atoms with E-state index in [1.165, 1.54) is 6.07 Å². The van der Waals surface area contributed by atoms with E-state index in [1.807, 2.05) is 0 Å². The van der Waals surface area contributed by atoms with Crippen molar-refractivity contribution in [3.05, 3.63) is 23.9 Å². The van der Waals surface area contributed by atoms with Gasteiger partial charge in [0.15, 0.2) is 0 Å². The Morgan fingerprint density at radius 2 is 2.23 bits per heavy atom. The van der Waals surface area contributed by atoms with Gasteiger partial charge in [-0.05, 0) is 18.6 Å².